The van der Waals surface area contributed by atoms with Gasteiger partial charge in [-0.3, -0.25) is 9.59 Å². The largest absolute Gasteiger partial charge is 0.496 e. The van der Waals surface area contributed by atoms with Crippen LogP contribution in [0.25, 0.3) is 33.4 Å². The van der Waals surface area contributed by atoms with E-state index in [1.54, 1.807) is 33.5 Å². The van der Waals surface area contributed by atoms with Gasteiger partial charge >= 0.3 is 0 Å². The third-order valence-electron chi connectivity index (χ3n) is 7.15. The van der Waals surface area contributed by atoms with Crippen LogP contribution in [0.1, 0.15) is 19.8 Å². The van der Waals surface area contributed by atoms with Crippen LogP contribution in [0.5, 0.6) is 11.5 Å². The second kappa shape index (κ2) is 13.4. The van der Waals surface area contributed by atoms with Crippen molar-refractivity contribution in [3.8, 4) is 33.9 Å². The number of nitrogens with zero attached hydrogens (tertiary/aromatic N) is 2. The minimum atomic E-state index is -0.124. The summed E-state index contributed by atoms with van der Waals surface area (Å²) < 4.78 is 23.1. The van der Waals surface area contributed by atoms with E-state index in [9.17, 15) is 9.59 Å². The van der Waals surface area contributed by atoms with Crippen LogP contribution >= 0.6 is 0 Å². The summed E-state index contributed by atoms with van der Waals surface area (Å²) in [7, 11) is 8.85. The Morgan fingerprint density at radius 3 is 2.41 bits per heavy atom. The van der Waals surface area contributed by atoms with Crippen molar-refractivity contribution < 1.29 is 23.4 Å². The van der Waals surface area contributed by atoms with Crippen LogP contribution in [-0.4, -0.2) is 67.6 Å². The molecular weight excluding hydrogens is 522 g/mol. The molecule has 218 valence electrons. The number of amides is 1. The lowest BCUT2D eigenvalue weighted by Gasteiger charge is -2.27. The highest BCUT2D eigenvalue weighted by molar-refractivity contribution is 6.04. The van der Waals surface area contributed by atoms with E-state index >= 15 is 0 Å². The number of carbonyl (C=O) groups is 1. The van der Waals surface area contributed by atoms with Gasteiger partial charge in [-0.25, -0.2) is 0 Å². The van der Waals surface area contributed by atoms with E-state index < -0.39 is 0 Å². The average molecular weight is 562 g/mol. The summed E-state index contributed by atoms with van der Waals surface area (Å²) >= 11 is 0. The number of nitrogens with one attached hydrogen (secondary N) is 1. The lowest BCUT2D eigenvalue weighted by atomic mass is 9.92. The molecule has 0 spiro atoms. The second-order valence-corrected chi connectivity index (χ2v) is 9.96. The van der Waals surface area contributed by atoms with Crippen molar-refractivity contribution in [1.82, 2.24) is 5.32 Å². The van der Waals surface area contributed by atoms with E-state index in [4.69, 9.17) is 18.6 Å². The number of hydrogen-bond acceptors (Lipinski definition) is 8. The summed E-state index contributed by atoms with van der Waals surface area (Å²) in [4.78, 5) is 28.6. The fraction of sp³-hybridized carbons (Fsp3) is 0.375. The molecule has 41 heavy (non-hydrogen) atoms. The van der Waals surface area contributed by atoms with Crippen molar-refractivity contribution in [2.45, 2.75) is 19.8 Å². The van der Waals surface area contributed by atoms with Gasteiger partial charge in [0.1, 0.15) is 22.8 Å². The maximum atomic E-state index is 12.3. The number of hydrogen-bond donors (Lipinski definition) is 1. The van der Waals surface area contributed by atoms with Gasteiger partial charge in [0.05, 0.1) is 26.5 Å². The molecule has 1 aliphatic carbocycles. The zero-order valence-electron chi connectivity index (χ0n) is 24.7. The molecule has 0 aromatic heterocycles. The van der Waals surface area contributed by atoms with E-state index in [1.807, 2.05) is 49.3 Å². The molecule has 1 amide bonds. The van der Waals surface area contributed by atoms with Gasteiger partial charge in [0, 0.05) is 93.2 Å². The average Bonchev–Trinajstić information content (AvgIpc) is 2.97. The normalized spacial score (nSPS) is 11.1. The summed E-state index contributed by atoms with van der Waals surface area (Å²) in [6.07, 6.45) is 1.10. The van der Waals surface area contributed by atoms with E-state index in [2.05, 4.69) is 17.1 Å². The monoisotopic (exact) mass is 561 g/mol. The van der Waals surface area contributed by atoms with Crippen molar-refractivity contribution in [2.75, 3.05) is 71.5 Å². The number of ether oxygens (including phenoxy) is 3. The lowest BCUT2D eigenvalue weighted by Crippen LogP contribution is -2.29. The predicted octanol–water partition coefficient (Wildman–Crippen LogP) is 5.02. The quantitative estimate of drug-likeness (QED) is 0.180. The van der Waals surface area contributed by atoms with Crippen LogP contribution in [0, 0.1) is 0 Å². The summed E-state index contributed by atoms with van der Waals surface area (Å²) in [5, 5.41) is 3.76. The Bertz CT molecular complexity index is 1530. The summed E-state index contributed by atoms with van der Waals surface area (Å²) in [5.41, 5.74) is 4.91. The highest BCUT2D eigenvalue weighted by atomic mass is 16.5. The number of methoxy groups -OCH3 is 3. The Hall–Kier alpha value is -4.24. The molecule has 1 N–H and O–H groups in total. The van der Waals surface area contributed by atoms with Crippen molar-refractivity contribution in [2.24, 2.45) is 0 Å². The minimum Gasteiger partial charge on any atom is -0.496 e. The van der Waals surface area contributed by atoms with Crippen LogP contribution in [0.15, 0.2) is 57.7 Å². The molecule has 2 aromatic rings. The van der Waals surface area contributed by atoms with Crippen LogP contribution < -0.4 is 30.0 Å². The third-order valence-corrected chi connectivity index (χ3v) is 7.15. The maximum Gasteiger partial charge on any atom is 0.220 e. The van der Waals surface area contributed by atoms with Crippen LogP contribution in [0.4, 0.5) is 11.4 Å². The topological polar surface area (TPSA) is 93.5 Å². The van der Waals surface area contributed by atoms with E-state index in [1.165, 1.54) is 6.07 Å². The Kier molecular flexibility index (Phi) is 9.73. The standard InChI is InChI=1S/C32H39N3O6/c1-7-35(15-8-9-31(37)33-14-16-38-4)26-20-27(39-5)25(19-30(26)40-6)32-23-12-10-21(34(2)3)17-28(23)41-29-18-22(36)11-13-24(29)32/h10-13,17-20H,7-9,14-16H2,1-6H3,(H,33,37). The van der Waals surface area contributed by atoms with Gasteiger partial charge in [-0.15, -0.1) is 0 Å². The number of anilines is 2. The van der Waals surface area contributed by atoms with Gasteiger partial charge in [-0.2, -0.15) is 0 Å². The van der Waals surface area contributed by atoms with Gasteiger partial charge in [0.25, 0.3) is 0 Å². The molecule has 0 radical (unpaired) electrons. The molecule has 4 rings (SSSR count). The van der Waals surface area contributed by atoms with E-state index in [-0.39, 0.29) is 11.3 Å². The van der Waals surface area contributed by atoms with Gasteiger partial charge in [0.15, 0.2) is 5.43 Å². The number of fused-ring (bicyclic) bond motifs is 2. The van der Waals surface area contributed by atoms with Gasteiger partial charge in [-0.1, -0.05) is 0 Å². The molecule has 9 nitrogen and oxygen atoms in total. The van der Waals surface area contributed by atoms with Crippen molar-refractivity contribution >= 4 is 28.3 Å². The molecule has 1 heterocycles. The Labute approximate surface area is 240 Å². The van der Waals surface area contributed by atoms with Crippen molar-refractivity contribution in [3.05, 3.63) is 58.8 Å². The lowest BCUT2D eigenvalue weighted by molar-refractivity contribution is -0.121. The van der Waals surface area contributed by atoms with Gasteiger partial charge in [0.2, 0.25) is 5.91 Å². The zero-order chi connectivity index (χ0) is 29.5. The van der Waals surface area contributed by atoms with Gasteiger partial charge in [-0.05, 0) is 43.7 Å². The highest BCUT2D eigenvalue weighted by Gasteiger charge is 2.23. The van der Waals surface area contributed by atoms with Crippen LogP contribution in [0.3, 0.4) is 0 Å². The smallest absolute Gasteiger partial charge is 0.220 e. The number of benzene rings is 3. The summed E-state index contributed by atoms with van der Waals surface area (Å²) in [5.74, 6) is 1.85. The fourth-order valence-electron chi connectivity index (χ4n) is 5.01. The molecule has 0 atom stereocenters. The fourth-order valence-corrected chi connectivity index (χ4v) is 5.01. The first-order valence-corrected chi connectivity index (χ1v) is 13.8. The first kappa shape index (κ1) is 29.7. The third kappa shape index (κ3) is 6.57. The Morgan fingerprint density at radius 1 is 0.951 bits per heavy atom. The SMILES string of the molecule is CCN(CCCC(=O)NCCOC)c1cc(OC)c(-c2c3ccc(=O)cc-3oc3cc(N(C)C)ccc23)cc1OC. The zero-order valence-corrected chi connectivity index (χ0v) is 24.7. The molecule has 0 saturated heterocycles. The molecule has 9 heteroatoms. The molecule has 1 aliphatic heterocycles. The Balaban J connectivity index is 1.78. The molecule has 0 fully saturated rings. The van der Waals surface area contributed by atoms with E-state index in [0.717, 1.165) is 40.0 Å². The first-order valence-electron chi connectivity index (χ1n) is 13.8. The molecule has 0 unspecified atom stereocenters. The Morgan fingerprint density at radius 2 is 1.73 bits per heavy atom. The molecular formula is C32H39N3O6. The molecule has 2 aromatic carbocycles. The first-order chi connectivity index (χ1) is 19.8. The summed E-state index contributed by atoms with van der Waals surface area (Å²) in [6, 6.07) is 14.9. The number of rotatable bonds is 13. The van der Waals surface area contributed by atoms with Crippen LogP contribution in [0.2, 0.25) is 0 Å². The summed E-state index contributed by atoms with van der Waals surface area (Å²) in [6.45, 7) is 4.46. The second-order valence-electron chi connectivity index (χ2n) is 9.96. The predicted molar refractivity (Wildman–Crippen MR) is 164 cm³/mol. The molecule has 0 saturated carbocycles. The van der Waals surface area contributed by atoms with Crippen molar-refractivity contribution in [3.63, 3.8) is 0 Å². The number of carbonyl (C=O) groups excluding carboxylic acids is 1. The van der Waals surface area contributed by atoms with Crippen molar-refractivity contribution in [1.29, 1.82) is 0 Å². The molecule has 2 aliphatic rings. The molecule has 0 bridgehead atoms. The van der Waals surface area contributed by atoms with Crippen LogP contribution in [-0.2, 0) is 9.53 Å². The van der Waals surface area contributed by atoms with E-state index in [0.29, 0.717) is 55.4 Å². The highest BCUT2D eigenvalue weighted by Crippen LogP contribution is 2.47. The maximum absolute atomic E-state index is 12.3. The minimum absolute atomic E-state index is 0.00454. The van der Waals surface area contributed by atoms with Gasteiger partial charge < -0.3 is 33.7 Å².